The molecular weight excluding hydrogens is 212 g/mol. The van der Waals surface area contributed by atoms with Gasteiger partial charge in [-0.1, -0.05) is 6.07 Å². The molecule has 0 amide bonds. The van der Waals surface area contributed by atoms with Crippen molar-refractivity contribution >= 4 is 16.2 Å². The molecule has 0 heterocycles. The van der Waals surface area contributed by atoms with E-state index in [1.807, 2.05) is 0 Å². The van der Waals surface area contributed by atoms with E-state index in [9.17, 15) is 18.9 Å². The van der Waals surface area contributed by atoms with Crippen molar-refractivity contribution in [2.24, 2.45) is 0 Å². The van der Waals surface area contributed by atoms with Crippen molar-refractivity contribution in [3.8, 4) is 0 Å². The first kappa shape index (κ1) is 10.7. The number of rotatable bonds is 3. The van der Waals surface area contributed by atoms with Crippen LogP contribution in [0.2, 0.25) is 0 Å². The van der Waals surface area contributed by atoms with E-state index < -0.39 is 15.4 Å². The summed E-state index contributed by atoms with van der Waals surface area (Å²) < 4.78 is 26.1. The van der Waals surface area contributed by atoms with E-state index >= 15 is 0 Å². The number of quaternary nitrogens is 1. The van der Waals surface area contributed by atoms with Crippen LogP contribution < -0.4 is 5.90 Å². The molecule has 1 radical (unpaired) electrons. The van der Waals surface area contributed by atoms with Crippen molar-refractivity contribution in [2.45, 2.75) is 4.90 Å². The number of nitro benzene ring substituents is 1. The summed E-state index contributed by atoms with van der Waals surface area (Å²) in [7, 11) is -3.97. The van der Waals surface area contributed by atoms with Gasteiger partial charge >= 0.3 is 10.5 Å². The van der Waals surface area contributed by atoms with Crippen molar-refractivity contribution in [3.63, 3.8) is 0 Å². The van der Waals surface area contributed by atoms with Crippen LogP contribution in [0.25, 0.3) is 0 Å². The van der Waals surface area contributed by atoms with Gasteiger partial charge in [-0.05, 0) is 4.21 Å². The van der Waals surface area contributed by atoms with Gasteiger partial charge in [-0.25, -0.2) is 0 Å². The van der Waals surface area contributed by atoms with Crippen LogP contribution in [0.1, 0.15) is 0 Å². The van der Waals surface area contributed by atoms with Crippen LogP contribution in [-0.2, 0) is 23.5 Å². The monoisotopic (exact) mass is 219 g/mol. The number of nitro groups is 1. The Hall–Kier alpha value is -1.35. The van der Waals surface area contributed by atoms with Crippen LogP contribution in [0.4, 0.5) is 5.69 Å². The second kappa shape index (κ2) is 3.80. The van der Waals surface area contributed by atoms with Gasteiger partial charge in [-0.15, -0.1) is 0 Å². The molecule has 0 aromatic heterocycles. The Balaban J connectivity index is 3.19. The van der Waals surface area contributed by atoms with Crippen LogP contribution in [0.5, 0.6) is 0 Å². The molecule has 14 heavy (non-hydrogen) atoms. The molecule has 0 spiro atoms. The fourth-order valence-electron chi connectivity index (χ4n) is 0.821. The molecule has 0 aliphatic rings. The smallest absolute Gasteiger partial charge is 0.258 e. The Kier molecular flexibility index (Phi) is 2.91. The van der Waals surface area contributed by atoms with Gasteiger partial charge < -0.3 is 0 Å². The quantitative estimate of drug-likeness (QED) is 0.433. The first-order valence-electron chi connectivity index (χ1n) is 3.40. The zero-order chi connectivity index (χ0) is 10.8. The highest BCUT2D eigenvalue weighted by atomic mass is 32.3. The maximum absolute atomic E-state index is 11.1. The molecule has 1 unspecified atom stereocenters. The second-order valence-corrected chi connectivity index (χ2v) is 3.94. The molecule has 0 aliphatic heterocycles. The lowest BCUT2D eigenvalue weighted by Crippen LogP contribution is -2.52. The van der Waals surface area contributed by atoms with Crippen molar-refractivity contribution < 1.29 is 23.9 Å². The van der Waals surface area contributed by atoms with E-state index in [1.54, 1.807) is 0 Å². The molecule has 0 saturated carbocycles. The molecule has 0 saturated heterocycles. The molecule has 0 bridgehead atoms. The molecule has 8 heteroatoms. The Labute approximate surface area is 80.0 Å². The van der Waals surface area contributed by atoms with E-state index in [0.717, 1.165) is 6.07 Å². The Morgan fingerprint density at radius 1 is 1.50 bits per heavy atom. The molecule has 75 valence electrons. The van der Waals surface area contributed by atoms with Crippen molar-refractivity contribution in [1.82, 2.24) is 0 Å². The number of non-ortho nitro benzene ring substituents is 1. The zero-order valence-corrected chi connectivity index (χ0v) is 7.73. The van der Waals surface area contributed by atoms with E-state index in [4.69, 9.17) is 0 Å². The fourth-order valence-corrected chi connectivity index (χ4v) is 1.47. The maximum Gasteiger partial charge on any atom is 0.482 e. The Bertz CT molecular complexity index is 407. The molecule has 7 nitrogen and oxygen atoms in total. The van der Waals surface area contributed by atoms with Crippen molar-refractivity contribution in [2.75, 3.05) is 0 Å². The number of benzene rings is 1. The highest BCUT2D eigenvalue weighted by Crippen LogP contribution is 2.21. The third kappa shape index (κ3) is 2.12. The fraction of sp³-hybridized carbons (Fsp3) is 0. The van der Waals surface area contributed by atoms with Crippen molar-refractivity contribution in [1.29, 1.82) is 0 Å². The van der Waals surface area contributed by atoms with E-state index in [1.165, 1.54) is 18.2 Å². The zero-order valence-electron chi connectivity index (χ0n) is 6.91. The highest BCUT2D eigenvalue weighted by molar-refractivity contribution is 7.92. The van der Waals surface area contributed by atoms with Crippen LogP contribution in [0.3, 0.4) is 0 Å². The lowest BCUT2D eigenvalue weighted by atomic mass is 10.3. The lowest BCUT2D eigenvalue weighted by Gasteiger charge is -1.93. The maximum atomic E-state index is 11.1. The Morgan fingerprint density at radius 2 is 2.14 bits per heavy atom. The van der Waals surface area contributed by atoms with Gasteiger partial charge in [0.2, 0.25) is 4.90 Å². The van der Waals surface area contributed by atoms with Gasteiger partial charge in [0.1, 0.15) is 0 Å². The van der Waals surface area contributed by atoms with Crippen molar-refractivity contribution in [3.05, 3.63) is 34.4 Å². The van der Waals surface area contributed by atoms with Gasteiger partial charge in [0.15, 0.2) is 0 Å². The normalized spacial score (nSPS) is 14.7. The predicted molar refractivity (Wildman–Crippen MR) is 44.1 cm³/mol. The summed E-state index contributed by atoms with van der Waals surface area (Å²) in [6.45, 7) is 0. The first-order chi connectivity index (χ1) is 6.47. The summed E-state index contributed by atoms with van der Waals surface area (Å²) in [6.07, 6.45) is 0. The highest BCUT2D eigenvalue weighted by Gasteiger charge is 2.38. The van der Waals surface area contributed by atoms with E-state index in [-0.39, 0.29) is 10.6 Å². The summed E-state index contributed by atoms with van der Waals surface area (Å²) in [6, 6.07) is 4.53. The summed E-state index contributed by atoms with van der Waals surface area (Å²) in [5.74, 6) is 2.75. The molecule has 1 rings (SSSR count). The second-order valence-electron chi connectivity index (χ2n) is 2.33. The predicted octanol–water partition coefficient (Wildman–Crippen LogP) is -0.113. The van der Waals surface area contributed by atoms with Gasteiger partial charge in [0.25, 0.3) is 5.69 Å². The minimum absolute atomic E-state index is 0.290. The topological polar surface area (TPSA) is 117 Å². The van der Waals surface area contributed by atoms with E-state index in [2.05, 4.69) is 10.2 Å². The summed E-state index contributed by atoms with van der Waals surface area (Å²) in [5, 5.41) is 10.3. The van der Waals surface area contributed by atoms with E-state index in [0.29, 0.717) is 0 Å². The summed E-state index contributed by atoms with van der Waals surface area (Å²) >= 11 is 0. The average molecular weight is 219 g/mol. The largest absolute Gasteiger partial charge is 0.482 e. The molecule has 1 aromatic carbocycles. The molecule has 1 atom stereocenters. The molecular formula is C6H7N2O5S+2. The SMILES string of the molecule is [NH3+]O[S+]([O])(=O)c1cccc([N+](=O)[O-])c1. The van der Waals surface area contributed by atoms with Crippen LogP contribution >= 0.6 is 0 Å². The van der Waals surface area contributed by atoms with Crippen LogP contribution in [0.15, 0.2) is 29.2 Å². The third-order valence-corrected chi connectivity index (χ3v) is 2.61. The first-order valence-corrected chi connectivity index (χ1v) is 4.81. The summed E-state index contributed by atoms with van der Waals surface area (Å²) in [4.78, 5) is 9.34. The van der Waals surface area contributed by atoms with Gasteiger partial charge in [-0.2, -0.15) is 5.90 Å². The number of nitrogens with zero attached hydrogens (tertiary/aromatic N) is 1. The minimum atomic E-state index is -3.97. The molecule has 3 N–H and O–H groups in total. The number of hydrogen-bond acceptors (Lipinski definition) is 4. The summed E-state index contributed by atoms with van der Waals surface area (Å²) in [5.41, 5.74) is -0.317. The third-order valence-electron chi connectivity index (χ3n) is 1.47. The molecule has 0 fully saturated rings. The van der Waals surface area contributed by atoms with Crippen LogP contribution in [-0.4, -0.2) is 4.92 Å². The molecule has 1 aromatic rings. The minimum Gasteiger partial charge on any atom is -0.258 e. The standard InChI is InChI=1S/C6H7N2O5S/c7-13-14(11,12)6-3-1-2-5(4-6)8(9)10/h1-4H,7H3/q+2. The Morgan fingerprint density at radius 3 is 2.64 bits per heavy atom. The number of hydrogen-bond donors (Lipinski definition) is 1. The van der Waals surface area contributed by atoms with Gasteiger partial charge in [0, 0.05) is 12.1 Å². The van der Waals surface area contributed by atoms with Gasteiger partial charge in [-0.3, -0.25) is 10.1 Å². The van der Waals surface area contributed by atoms with Crippen LogP contribution in [0, 0.1) is 10.1 Å². The van der Waals surface area contributed by atoms with Gasteiger partial charge in [0.05, 0.1) is 19.8 Å². The molecule has 0 aliphatic carbocycles. The average Bonchev–Trinajstić information content (AvgIpc) is 2.18. The lowest BCUT2D eigenvalue weighted by molar-refractivity contribution is -0.637.